The first-order chi connectivity index (χ1) is 7.70. The molecule has 3 nitrogen and oxygen atoms in total. The quantitative estimate of drug-likeness (QED) is 0.401. The normalized spacial score (nSPS) is 17.5. The van der Waals surface area contributed by atoms with E-state index < -0.39 is 7.60 Å². The largest absolute Gasteiger partial charge is 0.330 e. The summed E-state index contributed by atoms with van der Waals surface area (Å²) in [5, 5.41) is 0. The van der Waals surface area contributed by atoms with E-state index >= 15 is 0 Å². The van der Waals surface area contributed by atoms with Crippen LogP contribution in [0.3, 0.4) is 0 Å². The predicted molar refractivity (Wildman–Crippen MR) is 66.9 cm³/mol. The lowest BCUT2D eigenvalue weighted by atomic mass is 9.94. The van der Waals surface area contributed by atoms with E-state index in [0.717, 1.165) is 12.8 Å². The number of rotatable bonds is 6. The van der Waals surface area contributed by atoms with Crippen LogP contribution >= 0.6 is 7.60 Å². The van der Waals surface area contributed by atoms with E-state index in [1.54, 1.807) is 5.57 Å². The maximum Gasteiger partial charge on any atom is 0.330 e. The summed E-state index contributed by atoms with van der Waals surface area (Å²) in [6, 6.07) is 0. The Kier molecular flexibility index (Phi) is 6.33. The molecule has 0 saturated heterocycles. The average Bonchev–Trinajstić information content (AvgIpc) is 2.36. The van der Waals surface area contributed by atoms with Gasteiger partial charge in [0.25, 0.3) is 0 Å². The second-order valence-corrected chi connectivity index (χ2v) is 6.66. The van der Waals surface area contributed by atoms with Gasteiger partial charge in [0.05, 0.1) is 6.16 Å². The number of hydrogen-bond acceptors (Lipinski definition) is 3. The third kappa shape index (κ3) is 4.82. The molecular formula is C12H23O3P. The van der Waals surface area contributed by atoms with Crippen LogP contribution in [0.15, 0.2) is 11.6 Å². The molecule has 1 rings (SSSR count). The summed E-state index contributed by atoms with van der Waals surface area (Å²) in [7, 11) is 0.116. The summed E-state index contributed by atoms with van der Waals surface area (Å²) >= 11 is 0. The molecule has 0 radical (unpaired) electrons. The van der Waals surface area contributed by atoms with Crippen LogP contribution < -0.4 is 0 Å². The van der Waals surface area contributed by atoms with Gasteiger partial charge >= 0.3 is 7.60 Å². The zero-order valence-electron chi connectivity index (χ0n) is 10.4. The van der Waals surface area contributed by atoms with Crippen LogP contribution in [0, 0.1) is 0 Å². The topological polar surface area (TPSA) is 35.5 Å². The molecule has 94 valence electrons. The molecule has 1 aliphatic carbocycles. The molecule has 1 fully saturated rings. The third-order valence-corrected chi connectivity index (χ3v) is 5.10. The number of hydrogen-bond donors (Lipinski definition) is 0. The first kappa shape index (κ1) is 14.0. The van der Waals surface area contributed by atoms with Crippen LogP contribution in [0.2, 0.25) is 0 Å². The molecule has 16 heavy (non-hydrogen) atoms. The van der Waals surface area contributed by atoms with Crippen LogP contribution in [0.4, 0.5) is 0 Å². The minimum absolute atomic E-state index is 0.518. The standard InChI is InChI=1S/C12H23O3P/c1-14-16(13,15-2)11-7-6-10-12-8-4-3-5-9-12/h10H,3-9,11H2,1-2H3. The maximum atomic E-state index is 11.7. The van der Waals surface area contributed by atoms with E-state index in [2.05, 4.69) is 6.08 Å². The van der Waals surface area contributed by atoms with Crippen molar-refractivity contribution in [3.63, 3.8) is 0 Å². The molecule has 0 aromatic heterocycles. The van der Waals surface area contributed by atoms with Gasteiger partial charge in [-0.15, -0.1) is 0 Å². The molecule has 1 saturated carbocycles. The fraction of sp³-hybridized carbons (Fsp3) is 0.833. The third-order valence-electron chi connectivity index (χ3n) is 3.12. The van der Waals surface area contributed by atoms with Crippen LogP contribution in [0.5, 0.6) is 0 Å². The molecule has 0 unspecified atom stereocenters. The van der Waals surface area contributed by atoms with Gasteiger partial charge in [0, 0.05) is 14.2 Å². The summed E-state index contributed by atoms with van der Waals surface area (Å²) in [6.45, 7) is 0. The van der Waals surface area contributed by atoms with Crippen molar-refractivity contribution in [2.24, 2.45) is 0 Å². The van der Waals surface area contributed by atoms with E-state index in [1.165, 1.54) is 46.3 Å². The molecule has 0 atom stereocenters. The smallest absolute Gasteiger partial charge is 0.312 e. The van der Waals surface area contributed by atoms with Crippen LogP contribution in [0.1, 0.15) is 44.9 Å². The van der Waals surface area contributed by atoms with Crippen molar-refractivity contribution in [1.82, 2.24) is 0 Å². The Morgan fingerprint density at radius 1 is 1.19 bits per heavy atom. The molecule has 0 heterocycles. The molecule has 0 aromatic carbocycles. The summed E-state index contributed by atoms with van der Waals surface area (Å²) in [6.07, 6.45) is 11.3. The molecule has 1 aliphatic rings. The lowest BCUT2D eigenvalue weighted by molar-refractivity contribution is 0.275. The highest BCUT2D eigenvalue weighted by atomic mass is 31.2. The number of allylic oxidation sites excluding steroid dienone is 2. The Morgan fingerprint density at radius 3 is 2.38 bits per heavy atom. The van der Waals surface area contributed by atoms with E-state index in [0.29, 0.717) is 6.16 Å². The van der Waals surface area contributed by atoms with E-state index in [-0.39, 0.29) is 0 Å². The van der Waals surface area contributed by atoms with Crippen molar-refractivity contribution in [2.75, 3.05) is 20.4 Å². The monoisotopic (exact) mass is 246 g/mol. The lowest BCUT2D eigenvalue weighted by Crippen LogP contribution is -1.96. The van der Waals surface area contributed by atoms with Gasteiger partial charge in [-0.1, -0.05) is 18.1 Å². The van der Waals surface area contributed by atoms with Crippen molar-refractivity contribution in [3.8, 4) is 0 Å². The van der Waals surface area contributed by atoms with Gasteiger partial charge in [-0.2, -0.15) is 0 Å². The summed E-state index contributed by atoms with van der Waals surface area (Å²) in [5.74, 6) is 0. The minimum Gasteiger partial charge on any atom is -0.312 e. The molecule has 4 heteroatoms. The highest BCUT2D eigenvalue weighted by molar-refractivity contribution is 7.53. The van der Waals surface area contributed by atoms with Crippen molar-refractivity contribution in [3.05, 3.63) is 11.6 Å². The zero-order valence-corrected chi connectivity index (χ0v) is 11.3. The Balaban J connectivity index is 2.22. The first-order valence-corrected chi connectivity index (χ1v) is 7.81. The Hall–Kier alpha value is -0.110. The Morgan fingerprint density at radius 2 is 1.81 bits per heavy atom. The summed E-state index contributed by atoms with van der Waals surface area (Å²) in [5.41, 5.74) is 1.58. The molecule has 0 N–H and O–H groups in total. The molecule has 0 bridgehead atoms. The first-order valence-electron chi connectivity index (χ1n) is 6.08. The summed E-state index contributed by atoms with van der Waals surface area (Å²) in [4.78, 5) is 0. The molecule has 0 spiro atoms. The highest BCUT2D eigenvalue weighted by Crippen LogP contribution is 2.47. The predicted octanol–water partition coefficient (Wildman–Crippen LogP) is 4.14. The van der Waals surface area contributed by atoms with Gasteiger partial charge in [-0.25, -0.2) is 0 Å². The second-order valence-electron chi connectivity index (χ2n) is 4.26. The van der Waals surface area contributed by atoms with E-state index in [9.17, 15) is 4.57 Å². The zero-order chi connectivity index (χ0) is 11.9. The van der Waals surface area contributed by atoms with Gasteiger partial charge in [-0.3, -0.25) is 4.57 Å². The van der Waals surface area contributed by atoms with Crippen molar-refractivity contribution >= 4 is 7.60 Å². The van der Waals surface area contributed by atoms with Gasteiger partial charge in [0.2, 0.25) is 0 Å². The van der Waals surface area contributed by atoms with Crippen molar-refractivity contribution in [2.45, 2.75) is 44.9 Å². The van der Waals surface area contributed by atoms with E-state index in [4.69, 9.17) is 9.05 Å². The SMILES string of the molecule is COP(=O)(CCCC=C1CCCCC1)OC. The fourth-order valence-corrected chi connectivity index (χ4v) is 3.14. The maximum absolute atomic E-state index is 11.7. The van der Waals surface area contributed by atoms with Gasteiger partial charge in [-0.05, 0) is 38.5 Å². The Labute approximate surface area is 98.7 Å². The molecule has 0 amide bonds. The molecular weight excluding hydrogens is 223 g/mol. The van der Waals surface area contributed by atoms with Crippen molar-refractivity contribution in [1.29, 1.82) is 0 Å². The van der Waals surface area contributed by atoms with E-state index in [1.807, 2.05) is 0 Å². The van der Waals surface area contributed by atoms with Crippen LogP contribution in [0.25, 0.3) is 0 Å². The molecule has 0 aromatic rings. The lowest BCUT2D eigenvalue weighted by Gasteiger charge is -2.14. The second kappa shape index (κ2) is 7.26. The average molecular weight is 246 g/mol. The number of unbranched alkanes of at least 4 members (excludes halogenated alkanes) is 1. The fourth-order valence-electron chi connectivity index (χ4n) is 2.06. The molecule has 0 aliphatic heterocycles. The summed E-state index contributed by atoms with van der Waals surface area (Å²) < 4.78 is 21.5. The van der Waals surface area contributed by atoms with Crippen LogP contribution in [-0.2, 0) is 13.6 Å². The van der Waals surface area contributed by atoms with Crippen molar-refractivity contribution < 1.29 is 13.6 Å². The van der Waals surface area contributed by atoms with Gasteiger partial charge in [0.15, 0.2) is 0 Å². The van der Waals surface area contributed by atoms with Gasteiger partial charge < -0.3 is 9.05 Å². The minimum atomic E-state index is -2.78. The van der Waals surface area contributed by atoms with Crippen LogP contribution in [-0.4, -0.2) is 20.4 Å². The highest BCUT2D eigenvalue weighted by Gasteiger charge is 2.19. The Bertz CT molecular complexity index is 257. The van der Waals surface area contributed by atoms with Gasteiger partial charge in [0.1, 0.15) is 0 Å².